The minimum Gasteiger partial charge on any atom is -0.361 e. The molecule has 1 aromatic carbocycles. The van der Waals surface area contributed by atoms with Crippen LogP contribution in [0.3, 0.4) is 0 Å². The molecule has 1 amide bonds. The Kier molecular flexibility index (Phi) is 7.09. The van der Waals surface area contributed by atoms with E-state index in [1.807, 2.05) is 43.3 Å². The minimum absolute atomic E-state index is 0.0298. The monoisotopic (exact) mass is 386 g/mol. The highest BCUT2D eigenvalue weighted by Gasteiger charge is 2.20. The number of aryl methyl sites for hydroxylation is 1. The molecule has 7 heteroatoms. The number of piperazine rings is 1. The van der Waals surface area contributed by atoms with Gasteiger partial charge in [-0.1, -0.05) is 23.4 Å². The average molecular weight is 387 g/mol. The average Bonchev–Trinajstić information content (AvgIpc) is 3.07. The summed E-state index contributed by atoms with van der Waals surface area (Å²) in [6, 6.07) is 9.87. The number of nitrogens with one attached hydrogen (secondary N) is 1. The zero-order valence-corrected chi connectivity index (χ0v) is 16.5. The van der Waals surface area contributed by atoms with Crippen LogP contribution in [0.25, 0.3) is 0 Å². The van der Waals surface area contributed by atoms with Gasteiger partial charge in [0.25, 0.3) is 0 Å². The van der Waals surface area contributed by atoms with Crippen molar-refractivity contribution in [2.24, 2.45) is 0 Å². The maximum atomic E-state index is 12.5. The Labute approximate surface area is 164 Å². The van der Waals surface area contributed by atoms with E-state index >= 15 is 0 Å². The molecule has 27 heavy (non-hydrogen) atoms. The smallest absolute Gasteiger partial charge is 0.238 e. The molecule has 0 saturated carbocycles. The molecule has 1 fully saturated rings. The van der Waals surface area contributed by atoms with Crippen LogP contribution in [0.2, 0.25) is 0 Å². The third-order valence-electron chi connectivity index (χ3n) is 4.41. The zero-order chi connectivity index (χ0) is 19.1. The van der Waals surface area contributed by atoms with E-state index in [1.54, 1.807) is 11.8 Å². The molecule has 1 aliphatic heterocycles. The molecular formula is C20H26N4O2S. The molecule has 1 N–H and O–H groups in total. The maximum absolute atomic E-state index is 12.5. The number of anilines is 1. The van der Waals surface area contributed by atoms with Gasteiger partial charge in [-0.05, 0) is 19.1 Å². The van der Waals surface area contributed by atoms with Crippen LogP contribution in [0, 0.1) is 6.92 Å². The number of benzene rings is 1. The van der Waals surface area contributed by atoms with Crippen LogP contribution in [0.5, 0.6) is 0 Å². The highest BCUT2D eigenvalue weighted by Crippen LogP contribution is 2.26. The molecule has 0 aliphatic carbocycles. The van der Waals surface area contributed by atoms with Gasteiger partial charge in [0.15, 0.2) is 0 Å². The number of para-hydroxylation sites is 1. The van der Waals surface area contributed by atoms with Crippen LogP contribution >= 0.6 is 11.8 Å². The van der Waals surface area contributed by atoms with Crippen LogP contribution in [-0.2, 0) is 11.3 Å². The molecule has 1 saturated heterocycles. The van der Waals surface area contributed by atoms with E-state index in [2.05, 4.69) is 26.9 Å². The van der Waals surface area contributed by atoms with Gasteiger partial charge in [-0.2, -0.15) is 0 Å². The van der Waals surface area contributed by atoms with Crippen LogP contribution in [0.1, 0.15) is 11.5 Å². The van der Waals surface area contributed by atoms with E-state index in [9.17, 15) is 4.79 Å². The van der Waals surface area contributed by atoms with Gasteiger partial charge in [-0.15, -0.1) is 18.3 Å². The molecule has 2 aromatic rings. The third-order valence-corrected chi connectivity index (χ3v) is 5.48. The van der Waals surface area contributed by atoms with Crippen LogP contribution in [0.4, 0.5) is 5.69 Å². The van der Waals surface area contributed by atoms with Gasteiger partial charge in [0.05, 0.1) is 17.9 Å². The Hall–Kier alpha value is -2.09. The van der Waals surface area contributed by atoms with E-state index in [0.29, 0.717) is 6.54 Å². The van der Waals surface area contributed by atoms with Crippen LogP contribution in [0.15, 0.2) is 52.4 Å². The SMILES string of the molecule is C=CCSc1ccccc1NC(=O)CN1CCN(Cc2cc(C)on2)CC1. The van der Waals surface area contributed by atoms with Gasteiger partial charge in [0.1, 0.15) is 5.76 Å². The summed E-state index contributed by atoms with van der Waals surface area (Å²) in [6.45, 7) is 10.5. The summed E-state index contributed by atoms with van der Waals surface area (Å²) in [5.41, 5.74) is 1.83. The highest BCUT2D eigenvalue weighted by molar-refractivity contribution is 7.99. The van der Waals surface area contributed by atoms with E-state index in [-0.39, 0.29) is 5.91 Å². The molecule has 0 atom stereocenters. The Morgan fingerprint density at radius 3 is 2.74 bits per heavy atom. The number of rotatable bonds is 8. The molecule has 2 heterocycles. The molecule has 1 aliphatic rings. The highest BCUT2D eigenvalue weighted by atomic mass is 32.2. The van der Waals surface area contributed by atoms with Crippen molar-refractivity contribution in [1.29, 1.82) is 0 Å². The second-order valence-electron chi connectivity index (χ2n) is 6.63. The Morgan fingerprint density at radius 2 is 2.04 bits per heavy atom. The van der Waals surface area contributed by atoms with Crippen molar-refractivity contribution in [2.45, 2.75) is 18.4 Å². The Bertz CT molecular complexity index is 769. The number of carbonyl (C=O) groups is 1. The second kappa shape index (κ2) is 9.73. The molecule has 0 radical (unpaired) electrons. The molecule has 0 unspecified atom stereocenters. The number of hydrogen-bond donors (Lipinski definition) is 1. The van der Waals surface area contributed by atoms with Crippen LogP contribution < -0.4 is 5.32 Å². The number of carbonyl (C=O) groups excluding carboxylic acids is 1. The fourth-order valence-electron chi connectivity index (χ4n) is 3.06. The van der Waals surface area contributed by atoms with Gasteiger partial charge in [0.2, 0.25) is 5.91 Å². The van der Waals surface area contributed by atoms with Crippen LogP contribution in [-0.4, -0.2) is 59.3 Å². The summed E-state index contributed by atoms with van der Waals surface area (Å²) in [5.74, 6) is 1.69. The third kappa shape index (κ3) is 5.95. The summed E-state index contributed by atoms with van der Waals surface area (Å²) < 4.78 is 5.12. The molecule has 144 valence electrons. The first-order valence-electron chi connectivity index (χ1n) is 9.13. The lowest BCUT2D eigenvalue weighted by atomic mass is 10.2. The maximum Gasteiger partial charge on any atom is 0.238 e. The second-order valence-corrected chi connectivity index (χ2v) is 7.69. The predicted molar refractivity (Wildman–Crippen MR) is 109 cm³/mol. The summed E-state index contributed by atoms with van der Waals surface area (Å²) in [5, 5.41) is 7.10. The molecule has 1 aromatic heterocycles. The van der Waals surface area contributed by atoms with E-state index in [0.717, 1.165) is 60.5 Å². The zero-order valence-electron chi connectivity index (χ0n) is 15.7. The fourth-order valence-corrected chi connectivity index (χ4v) is 3.81. The number of nitrogens with zero attached hydrogens (tertiary/aromatic N) is 3. The van der Waals surface area contributed by atoms with E-state index < -0.39 is 0 Å². The minimum atomic E-state index is 0.0298. The molecular weight excluding hydrogens is 360 g/mol. The van der Waals surface area contributed by atoms with Gasteiger partial charge < -0.3 is 9.84 Å². The van der Waals surface area contributed by atoms with Crippen molar-refractivity contribution in [3.63, 3.8) is 0 Å². The van der Waals surface area contributed by atoms with Gasteiger partial charge in [0, 0.05) is 49.4 Å². The van der Waals surface area contributed by atoms with Crippen molar-refractivity contribution < 1.29 is 9.32 Å². The Balaban J connectivity index is 1.45. The molecule has 0 bridgehead atoms. The standard InChI is InChI=1S/C20H26N4O2S/c1-3-12-27-19-7-5-4-6-18(19)21-20(25)15-24-10-8-23(9-11-24)14-17-13-16(2)26-22-17/h3-7,13H,1,8-12,14-15H2,2H3,(H,21,25). The van der Waals surface area contributed by atoms with Crippen molar-refractivity contribution in [3.05, 3.63) is 54.4 Å². The first-order chi connectivity index (χ1) is 13.1. The van der Waals surface area contributed by atoms with Crippen molar-refractivity contribution >= 4 is 23.4 Å². The first kappa shape index (κ1) is 19.7. The Morgan fingerprint density at radius 1 is 1.30 bits per heavy atom. The molecule has 0 spiro atoms. The molecule has 3 rings (SSSR count). The van der Waals surface area contributed by atoms with Gasteiger partial charge in [-0.25, -0.2) is 0 Å². The summed E-state index contributed by atoms with van der Waals surface area (Å²) in [4.78, 5) is 18.1. The topological polar surface area (TPSA) is 61.6 Å². The fraction of sp³-hybridized carbons (Fsp3) is 0.400. The lowest BCUT2D eigenvalue weighted by Crippen LogP contribution is -2.48. The summed E-state index contributed by atoms with van der Waals surface area (Å²) in [6.07, 6.45) is 1.86. The van der Waals surface area contributed by atoms with E-state index in [4.69, 9.17) is 4.52 Å². The quantitative estimate of drug-likeness (QED) is 0.556. The summed E-state index contributed by atoms with van der Waals surface area (Å²) in [7, 11) is 0. The molecule has 6 nitrogen and oxygen atoms in total. The van der Waals surface area contributed by atoms with Crippen molar-refractivity contribution in [2.75, 3.05) is 43.8 Å². The van der Waals surface area contributed by atoms with Gasteiger partial charge in [-0.3, -0.25) is 14.6 Å². The largest absolute Gasteiger partial charge is 0.361 e. The summed E-state index contributed by atoms with van der Waals surface area (Å²) >= 11 is 1.67. The van der Waals surface area contributed by atoms with E-state index in [1.165, 1.54) is 0 Å². The van der Waals surface area contributed by atoms with Crippen molar-refractivity contribution in [3.8, 4) is 0 Å². The lowest BCUT2D eigenvalue weighted by Gasteiger charge is -2.33. The number of hydrogen-bond acceptors (Lipinski definition) is 6. The van der Waals surface area contributed by atoms with Gasteiger partial charge >= 0.3 is 0 Å². The first-order valence-corrected chi connectivity index (χ1v) is 10.1. The number of thioether (sulfide) groups is 1. The predicted octanol–water partition coefficient (Wildman–Crippen LogP) is 3.02. The lowest BCUT2D eigenvalue weighted by molar-refractivity contribution is -0.117. The normalized spacial score (nSPS) is 15.6. The number of amides is 1. The van der Waals surface area contributed by atoms with Crippen molar-refractivity contribution in [1.82, 2.24) is 15.0 Å². The number of aromatic nitrogens is 1.